The second-order valence-electron chi connectivity index (χ2n) is 5.41. The molecule has 0 aliphatic rings. The first-order valence-electron chi connectivity index (χ1n) is 7.18. The molecule has 124 valence electrons. The molecule has 3 rings (SSSR count). The van der Waals surface area contributed by atoms with Crippen molar-refractivity contribution in [2.45, 2.75) is 18.7 Å². The van der Waals surface area contributed by atoms with Crippen LogP contribution in [0.3, 0.4) is 0 Å². The first kappa shape index (κ1) is 16.5. The summed E-state index contributed by atoms with van der Waals surface area (Å²) in [7, 11) is -3.71. The molecule has 0 aliphatic carbocycles. The summed E-state index contributed by atoms with van der Waals surface area (Å²) in [5, 5.41) is 4.30. The van der Waals surface area contributed by atoms with Gasteiger partial charge in [-0.15, -0.1) is 0 Å². The van der Waals surface area contributed by atoms with Crippen molar-refractivity contribution in [2.24, 2.45) is 0 Å². The molecule has 7 heteroatoms. The van der Waals surface area contributed by atoms with Crippen LogP contribution in [0.2, 0.25) is 5.02 Å². The number of hydrogen-bond acceptors (Lipinski definition) is 4. The molecular formula is C17H15ClN2O3S. The van der Waals surface area contributed by atoms with E-state index in [0.29, 0.717) is 10.8 Å². The number of nitrogens with one attached hydrogen (secondary N) is 1. The minimum absolute atomic E-state index is 0.151. The van der Waals surface area contributed by atoms with Gasteiger partial charge in [0.05, 0.1) is 4.90 Å². The van der Waals surface area contributed by atoms with Crippen molar-refractivity contribution < 1.29 is 12.9 Å². The van der Waals surface area contributed by atoms with Crippen LogP contribution < -0.4 is 4.72 Å². The molecule has 0 fully saturated rings. The molecule has 0 unspecified atom stereocenters. The van der Waals surface area contributed by atoms with Crippen molar-refractivity contribution in [2.75, 3.05) is 4.72 Å². The molecule has 24 heavy (non-hydrogen) atoms. The summed E-state index contributed by atoms with van der Waals surface area (Å²) >= 11 is 5.97. The van der Waals surface area contributed by atoms with E-state index in [1.54, 1.807) is 31.2 Å². The zero-order valence-corrected chi connectivity index (χ0v) is 14.6. The van der Waals surface area contributed by atoms with Crippen LogP contribution in [0.4, 0.5) is 5.82 Å². The lowest BCUT2D eigenvalue weighted by molar-refractivity contribution is 0.400. The number of aryl methyl sites for hydroxylation is 2. The predicted octanol–water partition coefficient (Wildman–Crippen LogP) is 4.41. The highest BCUT2D eigenvalue weighted by Gasteiger charge is 2.16. The average molecular weight is 363 g/mol. The molecule has 0 atom stereocenters. The number of benzene rings is 2. The second kappa shape index (κ2) is 6.30. The first-order valence-corrected chi connectivity index (χ1v) is 9.04. The summed E-state index contributed by atoms with van der Waals surface area (Å²) in [5.74, 6) is 0.686. The van der Waals surface area contributed by atoms with Crippen molar-refractivity contribution in [3.63, 3.8) is 0 Å². The van der Waals surface area contributed by atoms with E-state index in [1.165, 1.54) is 6.07 Å². The minimum atomic E-state index is -3.71. The molecule has 2 aromatic carbocycles. The zero-order valence-electron chi connectivity index (χ0n) is 13.1. The number of halogens is 1. The molecule has 5 nitrogen and oxygen atoms in total. The number of aromatic nitrogens is 1. The normalized spacial score (nSPS) is 11.5. The molecule has 0 radical (unpaired) electrons. The Morgan fingerprint density at radius 3 is 2.33 bits per heavy atom. The second-order valence-corrected chi connectivity index (χ2v) is 7.53. The van der Waals surface area contributed by atoms with Crippen molar-refractivity contribution in [3.05, 3.63) is 64.9 Å². The van der Waals surface area contributed by atoms with Gasteiger partial charge in [-0.3, -0.25) is 4.72 Å². The lowest BCUT2D eigenvalue weighted by atomic mass is 10.0. The lowest BCUT2D eigenvalue weighted by Crippen LogP contribution is -2.13. The molecule has 0 bridgehead atoms. The van der Waals surface area contributed by atoms with Gasteiger partial charge < -0.3 is 4.52 Å². The van der Waals surface area contributed by atoms with Crippen molar-refractivity contribution >= 4 is 27.4 Å². The molecule has 1 heterocycles. The predicted molar refractivity (Wildman–Crippen MR) is 93.7 cm³/mol. The van der Waals surface area contributed by atoms with Crippen molar-refractivity contribution in [3.8, 4) is 11.1 Å². The van der Waals surface area contributed by atoms with E-state index in [0.717, 1.165) is 16.7 Å². The largest absolute Gasteiger partial charge is 0.360 e. The summed E-state index contributed by atoms with van der Waals surface area (Å²) in [6.45, 7) is 3.65. The van der Waals surface area contributed by atoms with Gasteiger partial charge in [-0.05, 0) is 54.8 Å². The number of sulfonamides is 1. The number of nitrogens with zero attached hydrogens (tertiary/aromatic N) is 1. The molecule has 0 aliphatic heterocycles. The highest BCUT2D eigenvalue weighted by molar-refractivity contribution is 7.92. The van der Waals surface area contributed by atoms with E-state index in [2.05, 4.69) is 9.88 Å². The molecule has 1 N–H and O–H groups in total. The average Bonchev–Trinajstić information content (AvgIpc) is 2.92. The van der Waals surface area contributed by atoms with Gasteiger partial charge in [0.2, 0.25) is 0 Å². The van der Waals surface area contributed by atoms with Gasteiger partial charge in [0.25, 0.3) is 10.0 Å². The van der Waals surface area contributed by atoms with E-state index < -0.39 is 10.0 Å². The Morgan fingerprint density at radius 2 is 1.75 bits per heavy atom. The van der Waals surface area contributed by atoms with Gasteiger partial charge in [-0.1, -0.05) is 35.0 Å². The Labute approximate surface area is 145 Å². The smallest absolute Gasteiger partial charge is 0.263 e. The summed E-state index contributed by atoms with van der Waals surface area (Å²) < 4.78 is 32.0. The van der Waals surface area contributed by atoms with Crippen molar-refractivity contribution in [1.82, 2.24) is 5.16 Å². The van der Waals surface area contributed by atoms with Crippen LogP contribution in [0.15, 0.2) is 57.9 Å². The van der Waals surface area contributed by atoms with Gasteiger partial charge in [0, 0.05) is 11.1 Å². The molecule has 0 amide bonds. The molecule has 0 saturated carbocycles. The molecule has 3 aromatic rings. The first-order chi connectivity index (χ1) is 11.3. The Hall–Kier alpha value is -2.31. The van der Waals surface area contributed by atoms with Crippen LogP contribution in [-0.2, 0) is 10.0 Å². The minimum Gasteiger partial charge on any atom is -0.360 e. The topological polar surface area (TPSA) is 72.2 Å². The third-order valence-electron chi connectivity index (χ3n) is 3.53. The number of hydrogen-bond donors (Lipinski definition) is 1. The lowest BCUT2D eigenvalue weighted by Gasteiger charge is -2.09. The Morgan fingerprint density at radius 1 is 1.04 bits per heavy atom. The molecule has 1 aromatic heterocycles. The Balaban J connectivity index is 1.88. The SMILES string of the molecule is Cc1cc(NS(=O)(=O)c2ccc(-c3ccc(Cl)cc3C)cc2)no1. The van der Waals surface area contributed by atoms with E-state index in [4.69, 9.17) is 16.1 Å². The molecule has 0 spiro atoms. The maximum absolute atomic E-state index is 12.4. The third kappa shape index (κ3) is 3.44. The van der Waals surface area contributed by atoms with E-state index in [1.807, 2.05) is 25.1 Å². The van der Waals surface area contributed by atoms with Crippen LogP contribution in [0.25, 0.3) is 11.1 Å². The van der Waals surface area contributed by atoms with E-state index >= 15 is 0 Å². The van der Waals surface area contributed by atoms with Gasteiger partial charge >= 0.3 is 0 Å². The number of rotatable bonds is 4. The van der Waals surface area contributed by atoms with Crippen LogP contribution >= 0.6 is 11.6 Å². The van der Waals surface area contributed by atoms with Crippen molar-refractivity contribution in [1.29, 1.82) is 0 Å². The van der Waals surface area contributed by atoms with Crippen LogP contribution in [0, 0.1) is 13.8 Å². The summed E-state index contributed by atoms with van der Waals surface area (Å²) in [4.78, 5) is 0.151. The van der Waals surface area contributed by atoms with E-state index in [-0.39, 0.29) is 10.7 Å². The maximum Gasteiger partial charge on any atom is 0.263 e. The van der Waals surface area contributed by atoms with Crippen LogP contribution in [-0.4, -0.2) is 13.6 Å². The molecular weight excluding hydrogens is 348 g/mol. The standard InChI is InChI=1S/C17H15ClN2O3S/c1-11-9-14(18)5-8-16(11)13-3-6-15(7-4-13)24(21,22)20-17-10-12(2)23-19-17/h3-10H,1-2H3,(H,19,20). The third-order valence-corrected chi connectivity index (χ3v) is 5.14. The fourth-order valence-electron chi connectivity index (χ4n) is 2.38. The maximum atomic E-state index is 12.4. The Bertz CT molecular complexity index is 979. The molecule has 0 saturated heterocycles. The van der Waals surface area contributed by atoms with Gasteiger partial charge in [0.1, 0.15) is 5.76 Å². The zero-order chi connectivity index (χ0) is 17.3. The van der Waals surface area contributed by atoms with Gasteiger partial charge in [-0.2, -0.15) is 0 Å². The fraction of sp³-hybridized carbons (Fsp3) is 0.118. The van der Waals surface area contributed by atoms with Crippen LogP contribution in [0.5, 0.6) is 0 Å². The number of anilines is 1. The Kier molecular flexibility index (Phi) is 4.34. The van der Waals surface area contributed by atoms with Gasteiger partial charge in [-0.25, -0.2) is 8.42 Å². The summed E-state index contributed by atoms with van der Waals surface area (Å²) in [6, 6.07) is 13.7. The highest BCUT2D eigenvalue weighted by atomic mass is 35.5. The summed E-state index contributed by atoms with van der Waals surface area (Å²) in [6.07, 6.45) is 0. The van der Waals surface area contributed by atoms with Gasteiger partial charge in [0.15, 0.2) is 5.82 Å². The van der Waals surface area contributed by atoms with Crippen LogP contribution in [0.1, 0.15) is 11.3 Å². The monoisotopic (exact) mass is 362 g/mol. The van der Waals surface area contributed by atoms with E-state index in [9.17, 15) is 8.42 Å². The summed E-state index contributed by atoms with van der Waals surface area (Å²) in [5.41, 5.74) is 2.94. The highest BCUT2D eigenvalue weighted by Crippen LogP contribution is 2.27. The fourth-order valence-corrected chi connectivity index (χ4v) is 3.59. The quantitative estimate of drug-likeness (QED) is 0.746.